The maximum atomic E-state index is 9.93. The zero-order valence-corrected chi connectivity index (χ0v) is 9.78. The summed E-state index contributed by atoms with van der Waals surface area (Å²) in [6, 6.07) is 7.72. The minimum Gasteiger partial charge on any atom is -0.497 e. The summed E-state index contributed by atoms with van der Waals surface area (Å²) >= 11 is 1.47. The molecule has 1 aromatic carbocycles. The first-order valence-corrected chi connectivity index (χ1v) is 5.87. The van der Waals surface area contributed by atoms with Gasteiger partial charge in [0.05, 0.1) is 23.6 Å². The Morgan fingerprint density at radius 3 is 2.69 bits per heavy atom. The van der Waals surface area contributed by atoms with Crippen LogP contribution in [0, 0.1) is 0 Å². The first kappa shape index (κ1) is 11.1. The fraction of sp³-hybridized carbons (Fsp3) is 0.250. The van der Waals surface area contributed by atoms with Crippen LogP contribution in [0.2, 0.25) is 0 Å². The number of hydrogen-bond acceptors (Lipinski definition) is 4. The molecule has 1 heterocycles. The molecule has 4 heteroatoms. The minimum absolute atomic E-state index is 0.471. The van der Waals surface area contributed by atoms with Gasteiger partial charge in [-0.05, 0) is 17.7 Å². The Morgan fingerprint density at radius 2 is 2.12 bits per heavy atom. The smallest absolute Gasteiger partial charge is 0.118 e. The molecule has 0 amide bonds. The molecule has 1 aromatic heterocycles. The lowest BCUT2D eigenvalue weighted by Gasteiger charge is -2.08. The number of rotatable bonds is 4. The van der Waals surface area contributed by atoms with Crippen molar-refractivity contribution in [3.8, 4) is 5.75 Å². The minimum atomic E-state index is -0.471. The molecule has 0 saturated carbocycles. The molecule has 0 spiro atoms. The number of aliphatic hydroxyl groups is 1. The molecule has 2 aromatic rings. The van der Waals surface area contributed by atoms with E-state index < -0.39 is 6.10 Å². The van der Waals surface area contributed by atoms with Crippen LogP contribution in [0.15, 0.2) is 36.0 Å². The lowest BCUT2D eigenvalue weighted by atomic mass is 10.1. The Labute approximate surface area is 98.4 Å². The Bertz CT molecular complexity index is 425. The topological polar surface area (TPSA) is 42.4 Å². The molecule has 0 bridgehead atoms. The Balaban J connectivity index is 2.03. The van der Waals surface area contributed by atoms with Gasteiger partial charge < -0.3 is 9.84 Å². The highest BCUT2D eigenvalue weighted by atomic mass is 32.1. The van der Waals surface area contributed by atoms with Crippen molar-refractivity contribution in [1.29, 1.82) is 0 Å². The number of thiazole rings is 1. The van der Waals surface area contributed by atoms with Gasteiger partial charge in [0.25, 0.3) is 0 Å². The molecule has 1 atom stereocenters. The molecule has 84 valence electrons. The normalized spacial score (nSPS) is 12.4. The molecular formula is C12H13NO2S. The van der Waals surface area contributed by atoms with Gasteiger partial charge in [-0.25, -0.2) is 0 Å². The van der Waals surface area contributed by atoms with Gasteiger partial charge in [-0.3, -0.25) is 4.98 Å². The summed E-state index contributed by atoms with van der Waals surface area (Å²) in [5.41, 5.74) is 2.81. The number of methoxy groups -OCH3 is 1. The monoisotopic (exact) mass is 235 g/mol. The molecule has 0 fully saturated rings. The number of aromatic nitrogens is 1. The van der Waals surface area contributed by atoms with Crippen molar-refractivity contribution in [3.63, 3.8) is 0 Å². The summed E-state index contributed by atoms with van der Waals surface area (Å²) in [5, 5.41) is 9.93. The highest BCUT2D eigenvalue weighted by Crippen LogP contribution is 2.22. The first-order valence-electron chi connectivity index (χ1n) is 4.99. The predicted octanol–water partition coefficient (Wildman–Crippen LogP) is 2.43. The molecule has 3 nitrogen and oxygen atoms in total. The molecule has 0 aliphatic carbocycles. The van der Waals surface area contributed by atoms with Crippen LogP contribution in [0.3, 0.4) is 0 Å². The van der Waals surface area contributed by atoms with E-state index in [1.54, 1.807) is 18.8 Å². The second-order valence-electron chi connectivity index (χ2n) is 3.47. The van der Waals surface area contributed by atoms with E-state index in [0.717, 1.165) is 16.2 Å². The van der Waals surface area contributed by atoms with Gasteiger partial charge in [0.15, 0.2) is 0 Å². The second-order valence-corrected chi connectivity index (χ2v) is 4.39. The van der Waals surface area contributed by atoms with Crippen LogP contribution in [0.4, 0.5) is 0 Å². The summed E-state index contributed by atoms with van der Waals surface area (Å²) in [6.45, 7) is 0. The third kappa shape index (κ3) is 2.59. The van der Waals surface area contributed by atoms with Crippen LogP contribution in [0.5, 0.6) is 5.75 Å². The molecule has 0 radical (unpaired) electrons. The van der Waals surface area contributed by atoms with Crippen LogP contribution < -0.4 is 4.74 Å². The fourth-order valence-corrected chi connectivity index (χ4v) is 2.08. The Morgan fingerprint density at radius 1 is 1.38 bits per heavy atom. The lowest BCUT2D eigenvalue weighted by Crippen LogP contribution is -1.99. The van der Waals surface area contributed by atoms with Crippen molar-refractivity contribution in [3.05, 3.63) is 46.4 Å². The standard InChI is InChI=1S/C12H13NO2S/c1-15-10-4-2-9(3-5-10)6-11(14)12-7-13-8-16-12/h2-5,7-8,11,14H,6H2,1H3. The van der Waals surface area contributed by atoms with E-state index in [4.69, 9.17) is 4.74 Å². The Kier molecular flexibility index (Phi) is 3.54. The maximum absolute atomic E-state index is 9.93. The van der Waals surface area contributed by atoms with Gasteiger partial charge in [-0.1, -0.05) is 12.1 Å². The average Bonchev–Trinajstić information content (AvgIpc) is 2.83. The summed E-state index contributed by atoms with van der Waals surface area (Å²) in [4.78, 5) is 4.85. The molecular weight excluding hydrogens is 222 g/mol. The van der Waals surface area contributed by atoms with Crippen LogP contribution in [-0.4, -0.2) is 17.2 Å². The van der Waals surface area contributed by atoms with Crippen molar-refractivity contribution < 1.29 is 9.84 Å². The molecule has 0 aliphatic rings. The number of nitrogens with zero attached hydrogens (tertiary/aromatic N) is 1. The summed E-state index contributed by atoms with van der Waals surface area (Å²) in [5.74, 6) is 0.830. The molecule has 2 rings (SSSR count). The zero-order chi connectivity index (χ0) is 11.4. The predicted molar refractivity (Wildman–Crippen MR) is 63.8 cm³/mol. The summed E-state index contributed by atoms with van der Waals surface area (Å²) < 4.78 is 5.08. The summed E-state index contributed by atoms with van der Waals surface area (Å²) in [6.07, 6.45) is 1.84. The SMILES string of the molecule is COc1ccc(CC(O)c2cncs2)cc1. The molecule has 0 aliphatic heterocycles. The van der Waals surface area contributed by atoms with E-state index in [2.05, 4.69) is 4.98 Å². The van der Waals surface area contributed by atoms with Crippen LogP contribution in [0.25, 0.3) is 0 Å². The van der Waals surface area contributed by atoms with E-state index in [1.165, 1.54) is 11.3 Å². The van der Waals surface area contributed by atoms with Gasteiger partial charge in [-0.15, -0.1) is 11.3 Å². The second kappa shape index (κ2) is 5.09. The molecule has 1 unspecified atom stereocenters. The van der Waals surface area contributed by atoms with Crippen LogP contribution >= 0.6 is 11.3 Å². The number of hydrogen-bond donors (Lipinski definition) is 1. The van der Waals surface area contributed by atoms with Gasteiger partial charge in [0.2, 0.25) is 0 Å². The van der Waals surface area contributed by atoms with E-state index >= 15 is 0 Å². The number of aliphatic hydroxyl groups excluding tert-OH is 1. The average molecular weight is 235 g/mol. The quantitative estimate of drug-likeness (QED) is 0.885. The van der Waals surface area contributed by atoms with Crippen LogP contribution in [-0.2, 0) is 6.42 Å². The Hall–Kier alpha value is -1.39. The van der Waals surface area contributed by atoms with Gasteiger partial charge in [0.1, 0.15) is 5.75 Å². The first-order chi connectivity index (χ1) is 7.79. The third-order valence-corrected chi connectivity index (χ3v) is 3.24. The summed E-state index contributed by atoms with van der Waals surface area (Å²) in [7, 11) is 1.64. The van der Waals surface area contributed by atoms with E-state index in [-0.39, 0.29) is 0 Å². The highest BCUT2D eigenvalue weighted by Gasteiger charge is 2.09. The van der Waals surface area contributed by atoms with E-state index in [0.29, 0.717) is 6.42 Å². The van der Waals surface area contributed by atoms with Gasteiger partial charge >= 0.3 is 0 Å². The van der Waals surface area contributed by atoms with Crippen molar-refractivity contribution in [1.82, 2.24) is 4.98 Å². The van der Waals surface area contributed by atoms with Crippen molar-refractivity contribution in [2.24, 2.45) is 0 Å². The fourth-order valence-electron chi connectivity index (χ4n) is 1.48. The zero-order valence-electron chi connectivity index (χ0n) is 8.96. The maximum Gasteiger partial charge on any atom is 0.118 e. The number of benzene rings is 1. The molecule has 0 saturated heterocycles. The third-order valence-electron chi connectivity index (χ3n) is 2.37. The van der Waals surface area contributed by atoms with Crippen molar-refractivity contribution >= 4 is 11.3 Å². The van der Waals surface area contributed by atoms with Crippen molar-refractivity contribution in [2.45, 2.75) is 12.5 Å². The largest absolute Gasteiger partial charge is 0.497 e. The van der Waals surface area contributed by atoms with Gasteiger partial charge in [-0.2, -0.15) is 0 Å². The van der Waals surface area contributed by atoms with Crippen LogP contribution in [0.1, 0.15) is 16.5 Å². The lowest BCUT2D eigenvalue weighted by molar-refractivity contribution is 0.182. The van der Waals surface area contributed by atoms with E-state index in [1.807, 2.05) is 24.3 Å². The number of ether oxygens (including phenoxy) is 1. The molecule has 1 N–H and O–H groups in total. The van der Waals surface area contributed by atoms with Crippen molar-refractivity contribution in [2.75, 3.05) is 7.11 Å². The highest BCUT2D eigenvalue weighted by molar-refractivity contribution is 7.09. The van der Waals surface area contributed by atoms with Gasteiger partial charge in [0, 0.05) is 12.6 Å². The van der Waals surface area contributed by atoms with E-state index in [9.17, 15) is 5.11 Å². The molecule has 16 heavy (non-hydrogen) atoms.